The summed E-state index contributed by atoms with van der Waals surface area (Å²) in [6, 6.07) is 18.9. The van der Waals surface area contributed by atoms with E-state index in [1.807, 2.05) is 68.4 Å². The van der Waals surface area contributed by atoms with Crippen LogP contribution in [0.5, 0.6) is 0 Å². The van der Waals surface area contributed by atoms with E-state index in [1.54, 1.807) is 6.07 Å². The Balaban J connectivity index is 1.41. The number of hydrogen-bond acceptors (Lipinski definition) is 5. The van der Waals surface area contributed by atoms with Crippen molar-refractivity contribution in [3.05, 3.63) is 81.8 Å². The van der Waals surface area contributed by atoms with E-state index in [0.29, 0.717) is 11.3 Å². The van der Waals surface area contributed by atoms with Gasteiger partial charge in [0.1, 0.15) is 0 Å². The summed E-state index contributed by atoms with van der Waals surface area (Å²) in [5, 5.41) is 5.93. The minimum Gasteiger partial charge on any atom is -0.325 e. The first-order valence-corrected chi connectivity index (χ1v) is 12.5. The van der Waals surface area contributed by atoms with Crippen LogP contribution in [0.1, 0.15) is 21.5 Å². The molecule has 5 nitrogen and oxygen atoms in total. The first-order chi connectivity index (χ1) is 15.4. The average molecular weight is 526 g/mol. The van der Waals surface area contributed by atoms with Crippen molar-refractivity contribution >= 4 is 72.4 Å². The first-order valence-electron chi connectivity index (χ1n) is 9.86. The quantitative estimate of drug-likeness (QED) is 0.276. The summed E-state index contributed by atoms with van der Waals surface area (Å²) < 4.78 is 2.51. The van der Waals surface area contributed by atoms with Crippen LogP contribution in [0.3, 0.4) is 0 Å². The number of carbonyl (C=O) groups excluding carboxylic acids is 2. The molecule has 2 amide bonds. The molecule has 3 aromatic carbocycles. The third-order valence-electron chi connectivity index (χ3n) is 4.82. The van der Waals surface area contributed by atoms with Crippen LogP contribution >= 0.6 is 39.0 Å². The van der Waals surface area contributed by atoms with Gasteiger partial charge in [0, 0.05) is 15.8 Å². The van der Waals surface area contributed by atoms with Gasteiger partial charge in [-0.15, -0.1) is 11.3 Å². The van der Waals surface area contributed by atoms with Crippen LogP contribution in [-0.2, 0) is 4.79 Å². The standard InChI is InChI=1S/C24H20BrN3O2S2/c1-14-6-5-7-15(2)22(14)28-21(29)13-31-24-27-19-11-10-16(12-20(19)32-24)26-23(30)17-8-3-4-9-18(17)25/h3-12H,13H2,1-2H3,(H,26,30)(H,28,29). The molecule has 0 unspecified atom stereocenters. The van der Waals surface area contributed by atoms with Crippen molar-refractivity contribution in [2.75, 3.05) is 16.4 Å². The average Bonchev–Trinajstić information content (AvgIpc) is 3.17. The van der Waals surface area contributed by atoms with E-state index >= 15 is 0 Å². The molecule has 4 rings (SSSR count). The molecule has 0 bridgehead atoms. The number of hydrogen-bond donors (Lipinski definition) is 2. The minimum atomic E-state index is -0.181. The summed E-state index contributed by atoms with van der Waals surface area (Å²) in [5.41, 5.74) is 5.06. The number of anilines is 2. The van der Waals surface area contributed by atoms with E-state index in [9.17, 15) is 9.59 Å². The lowest BCUT2D eigenvalue weighted by Gasteiger charge is -2.10. The van der Waals surface area contributed by atoms with Gasteiger partial charge in [-0.05, 0) is 71.2 Å². The van der Waals surface area contributed by atoms with Crippen molar-refractivity contribution in [2.45, 2.75) is 18.2 Å². The van der Waals surface area contributed by atoms with Crippen molar-refractivity contribution in [2.24, 2.45) is 0 Å². The van der Waals surface area contributed by atoms with E-state index in [0.717, 1.165) is 35.8 Å². The van der Waals surface area contributed by atoms with Crippen LogP contribution < -0.4 is 10.6 Å². The van der Waals surface area contributed by atoms with Crippen molar-refractivity contribution in [1.29, 1.82) is 0 Å². The summed E-state index contributed by atoms with van der Waals surface area (Å²) in [5.74, 6) is 0.0336. The predicted molar refractivity (Wildman–Crippen MR) is 137 cm³/mol. The molecule has 8 heteroatoms. The Bertz CT molecular complexity index is 1300. The molecule has 0 saturated carbocycles. The Morgan fingerprint density at radius 2 is 1.75 bits per heavy atom. The summed E-state index contributed by atoms with van der Waals surface area (Å²) in [6.45, 7) is 3.96. The van der Waals surface area contributed by atoms with Crippen LogP contribution in [0.25, 0.3) is 10.2 Å². The highest BCUT2D eigenvalue weighted by molar-refractivity contribution is 9.10. The Morgan fingerprint density at radius 1 is 1.00 bits per heavy atom. The van der Waals surface area contributed by atoms with Gasteiger partial charge in [-0.3, -0.25) is 9.59 Å². The van der Waals surface area contributed by atoms with Gasteiger partial charge in [0.05, 0.1) is 21.5 Å². The zero-order valence-electron chi connectivity index (χ0n) is 17.4. The highest BCUT2D eigenvalue weighted by Crippen LogP contribution is 2.32. The number of rotatable bonds is 6. The van der Waals surface area contributed by atoms with Gasteiger partial charge in [0.25, 0.3) is 5.91 Å². The largest absolute Gasteiger partial charge is 0.325 e. The molecule has 1 heterocycles. The maximum absolute atomic E-state index is 12.5. The van der Waals surface area contributed by atoms with Crippen LogP contribution in [-0.4, -0.2) is 22.6 Å². The van der Waals surface area contributed by atoms with E-state index in [4.69, 9.17) is 0 Å². The fraction of sp³-hybridized carbons (Fsp3) is 0.125. The number of nitrogens with one attached hydrogen (secondary N) is 2. The van der Waals surface area contributed by atoms with Crippen LogP contribution in [0.4, 0.5) is 11.4 Å². The molecular weight excluding hydrogens is 506 g/mol. The van der Waals surface area contributed by atoms with Gasteiger partial charge < -0.3 is 10.6 Å². The molecule has 0 atom stereocenters. The van der Waals surface area contributed by atoms with E-state index in [2.05, 4.69) is 31.5 Å². The predicted octanol–water partition coefficient (Wildman–Crippen LogP) is 6.66. The molecule has 162 valence electrons. The van der Waals surface area contributed by atoms with Crippen molar-refractivity contribution in [3.63, 3.8) is 0 Å². The molecule has 0 aliphatic rings. The van der Waals surface area contributed by atoms with Crippen LogP contribution in [0.15, 0.2) is 69.5 Å². The highest BCUT2D eigenvalue weighted by Gasteiger charge is 2.13. The summed E-state index contributed by atoms with van der Waals surface area (Å²) in [7, 11) is 0. The van der Waals surface area contributed by atoms with Crippen LogP contribution in [0.2, 0.25) is 0 Å². The second-order valence-electron chi connectivity index (χ2n) is 7.20. The monoisotopic (exact) mass is 525 g/mol. The van der Waals surface area contributed by atoms with Gasteiger partial charge in [0.15, 0.2) is 4.34 Å². The summed E-state index contributed by atoms with van der Waals surface area (Å²) in [4.78, 5) is 29.6. The number of fused-ring (bicyclic) bond motifs is 1. The van der Waals surface area contributed by atoms with Crippen molar-refractivity contribution in [1.82, 2.24) is 4.98 Å². The summed E-state index contributed by atoms with van der Waals surface area (Å²) in [6.07, 6.45) is 0. The first kappa shape index (κ1) is 22.5. The smallest absolute Gasteiger partial charge is 0.256 e. The Morgan fingerprint density at radius 3 is 2.50 bits per heavy atom. The maximum Gasteiger partial charge on any atom is 0.256 e. The topological polar surface area (TPSA) is 71.1 Å². The number of halogens is 1. The molecule has 0 aliphatic heterocycles. The summed E-state index contributed by atoms with van der Waals surface area (Å²) >= 11 is 6.32. The molecule has 0 aliphatic carbocycles. The van der Waals surface area contributed by atoms with Crippen molar-refractivity contribution in [3.8, 4) is 0 Å². The second kappa shape index (κ2) is 9.85. The zero-order chi connectivity index (χ0) is 22.7. The van der Waals surface area contributed by atoms with Crippen LogP contribution in [0, 0.1) is 13.8 Å². The van der Waals surface area contributed by atoms with Crippen molar-refractivity contribution < 1.29 is 9.59 Å². The van der Waals surface area contributed by atoms with Gasteiger partial charge in [0.2, 0.25) is 5.91 Å². The number of nitrogens with zero attached hydrogens (tertiary/aromatic N) is 1. The molecule has 0 spiro atoms. The van der Waals surface area contributed by atoms with E-state index < -0.39 is 0 Å². The molecule has 32 heavy (non-hydrogen) atoms. The number of amides is 2. The lowest BCUT2D eigenvalue weighted by molar-refractivity contribution is -0.113. The number of aromatic nitrogens is 1. The fourth-order valence-electron chi connectivity index (χ4n) is 3.20. The fourth-order valence-corrected chi connectivity index (χ4v) is 5.57. The second-order valence-corrected chi connectivity index (χ2v) is 10.3. The third kappa shape index (κ3) is 5.20. The lowest BCUT2D eigenvalue weighted by atomic mass is 10.1. The Hall–Kier alpha value is -2.68. The van der Waals surface area contributed by atoms with E-state index in [1.165, 1.54) is 23.1 Å². The number of thiazole rings is 1. The van der Waals surface area contributed by atoms with Gasteiger partial charge >= 0.3 is 0 Å². The Kier molecular flexibility index (Phi) is 6.93. The normalized spacial score (nSPS) is 10.8. The molecule has 0 saturated heterocycles. The molecular formula is C24H20BrN3O2S2. The number of aryl methyl sites for hydroxylation is 2. The zero-order valence-corrected chi connectivity index (χ0v) is 20.7. The molecule has 4 aromatic rings. The lowest BCUT2D eigenvalue weighted by Crippen LogP contribution is -2.15. The highest BCUT2D eigenvalue weighted by atomic mass is 79.9. The SMILES string of the molecule is Cc1cccc(C)c1NC(=O)CSc1nc2ccc(NC(=O)c3ccccc3Br)cc2s1. The van der Waals surface area contributed by atoms with Gasteiger partial charge in [-0.1, -0.05) is 42.1 Å². The van der Waals surface area contributed by atoms with Gasteiger partial charge in [-0.25, -0.2) is 4.98 Å². The number of carbonyl (C=O) groups is 2. The molecule has 0 radical (unpaired) electrons. The molecule has 2 N–H and O–H groups in total. The molecule has 1 aromatic heterocycles. The third-order valence-corrected chi connectivity index (χ3v) is 7.67. The Labute approximate surface area is 202 Å². The maximum atomic E-state index is 12.5. The van der Waals surface area contributed by atoms with Gasteiger partial charge in [-0.2, -0.15) is 0 Å². The number of benzene rings is 3. The number of thioether (sulfide) groups is 1. The molecule has 0 fully saturated rings. The number of para-hydroxylation sites is 1. The van der Waals surface area contributed by atoms with E-state index in [-0.39, 0.29) is 17.6 Å². The minimum absolute atomic E-state index is 0.0620.